The normalized spacial score (nSPS) is 21.2. The molecule has 1 heterocycles. The minimum absolute atomic E-state index is 0.0237. The topological polar surface area (TPSA) is 54.3 Å². The monoisotopic (exact) mass is 222 g/mol. The van der Waals surface area contributed by atoms with E-state index in [2.05, 4.69) is 10.6 Å². The van der Waals surface area contributed by atoms with Crippen LogP contribution < -0.4 is 10.6 Å². The molecule has 2 N–H and O–H groups in total. The second-order valence-electron chi connectivity index (χ2n) is 4.25. The van der Waals surface area contributed by atoms with Gasteiger partial charge in [0.15, 0.2) is 0 Å². The molecule has 1 aromatic heterocycles. The van der Waals surface area contributed by atoms with E-state index in [4.69, 9.17) is 4.42 Å². The molecule has 16 heavy (non-hydrogen) atoms. The van der Waals surface area contributed by atoms with Crippen molar-refractivity contribution in [2.24, 2.45) is 0 Å². The van der Waals surface area contributed by atoms with E-state index < -0.39 is 0 Å². The second-order valence-corrected chi connectivity index (χ2v) is 4.25. The molecule has 0 fully saturated rings. The number of nitrogens with one attached hydrogen (secondary N) is 2. The van der Waals surface area contributed by atoms with Crippen LogP contribution in [0, 0.1) is 0 Å². The van der Waals surface area contributed by atoms with Gasteiger partial charge in [-0.1, -0.05) is 0 Å². The van der Waals surface area contributed by atoms with Crippen LogP contribution in [0.25, 0.3) is 0 Å². The van der Waals surface area contributed by atoms with Crippen LogP contribution in [0.5, 0.6) is 0 Å². The molecule has 0 radical (unpaired) electrons. The molecular formula is C12H18N2O2. The molecule has 1 aliphatic carbocycles. The van der Waals surface area contributed by atoms with Crippen LogP contribution in [0.4, 0.5) is 0 Å². The second kappa shape index (κ2) is 4.70. The number of aryl methyl sites for hydroxylation is 1. The van der Waals surface area contributed by atoms with Crippen molar-refractivity contribution in [1.29, 1.82) is 0 Å². The van der Waals surface area contributed by atoms with Crippen molar-refractivity contribution in [2.45, 2.75) is 38.3 Å². The highest BCUT2D eigenvalue weighted by Crippen LogP contribution is 2.30. The summed E-state index contributed by atoms with van der Waals surface area (Å²) in [5.74, 6) is 1.09. The number of hydrogen-bond donors (Lipinski definition) is 2. The van der Waals surface area contributed by atoms with E-state index >= 15 is 0 Å². The third-order valence-corrected chi connectivity index (χ3v) is 3.14. The van der Waals surface area contributed by atoms with Crippen LogP contribution in [0.1, 0.15) is 37.1 Å². The third-order valence-electron chi connectivity index (χ3n) is 3.14. The van der Waals surface area contributed by atoms with Gasteiger partial charge in [0.25, 0.3) is 0 Å². The summed E-state index contributed by atoms with van der Waals surface area (Å²) >= 11 is 0. The molecule has 2 atom stereocenters. The van der Waals surface area contributed by atoms with Crippen LogP contribution in [0.2, 0.25) is 0 Å². The van der Waals surface area contributed by atoms with E-state index in [9.17, 15) is 4.79 Å². The van der Waals surface area contributed by atoms with E-state index in [1.165, 1.54) is 5.56 Å². The van der Waals surface area contributed by atoms with Crippen molar-refractivity contribution in [3.63, 3.8) is 0 Å². The van der Waals surface area contributed by atoms with Crippen molar-refractivity contribution in [3.8, 4) is 0 Å². The molecule has 4 heteroatoms. The molecule has 0 spiro atoms. The van der Waals surface area contributed by atoms with Gasteiger partial charge in [-0.25, -0.2) is 0 Å². The fraction of sp³-hybridized carbons (Fsp3) is 0.583. The van der Waals surface area contributed by atoms with Gasteiger partial charge >= 0.3 is 0 Å². The highest BCUT2D eigenvalue weighted by atomic mass is 16.3. The fourth-order valence-electron chi connectivity index (χ4n) is 2.25. The maximum Gasteiger partial charge on any atom is 0.236 e. The van der Waals surface area contributed by atoms with E-state index in [1.54, 1.807) is 13.3 Å². The minimum atomic E-state index is -0.171. The Morgan fingerprint density at radius 3 is 3.19 bits per heavy atom. The van der Waals surface area contributed by atoms with Crippen LogP contribution in [0.3, 0.4) is 0 Å². The lowest BCUT2D eigenvalue weighted by molar-refractivity contribution is -0.122. The zero-order valence-corrected chi connectivity index (χ0v) is 9.75. The number of amides is 1. The quantitative estimate of drug-likeness (QED) is 0.812. The first kappa shape index (κ1) is 11.2. The van der Waals surface area contributed by atoms with Crippen LogP contribution in [-0.2, 0) is 11.2 Å². The van der Waals surface area contributed by atoms with E-state index in [1.807, 2.05) is 13.0 Å². The van der Waals surface area contributed by atoms with Gasteiger partial charge in [-0.05, 0) is 25.8 Å². The number of likely N-dealkylation sites (N-methyl/N-ethyl adjacent to an activating group) is 1. The lowest BCUT2D eigenvalue weighted by atomic mass is 9.93. The number of fused-ring (bicyclic) bond motifs is 1. The minimum Gasteiger partial charge on any atom is -0.469 e. The molecule has 1 aromatic rings. The number of carbonyl (C=O) groups excluding carboxylic acids is 1. The van der Waals surface area contributed by atoms with Gasteiger partial charge < -0.3 is 9.73 Å². The lowest BCUT2D eigenvalue weighted by Crippen LogP contribution is -2.42. The molecule has 0 aliphatic heterocycles. The zero-order chi connectivity index (χ0) is 11.5. The van der Waals surface area contributed by atoms with Crippen molar-refractivity contribution < 1.29 is 9.21 Å². The van der Waals surface area contributed by atoms with Gasteiger partial charge in [0.1, 0.15) is 5.76 Å². The van der Waals surface area contributed by atoms with Gasteiger partial charge in [0.05, 0.1) is 12.3 Å². The van der Waals surface area contributed by atoms with Gasteiger partial charge in [-0.15, -0.1) is 0 Å². The average Bonchev–Trinajstić information content (AvgIpc) is 2.77. The molecule has 1 amide bonds. The standard InChI is InChI=1S/C12H18N2O2/c1-8(12(15)13-2)14-10-4-3-5-11-9(10)6-7-16-11/h6-8,10,14H,3-5H2,1-2H3,(H,13,15). The van der Waals surface area contributed by atoms with Crippen molar-refractivity contribution in [3.05, 3.63) is 23.7 Å². The highest BCUT2D eigenvalue weighted by Gasteiger charge is 2.25. The molecule has 0 bridgehead atoms. The summed E-state index contributed by atoms with van der Waals surface area (Å²) in [5.41, 5.74) is 1.21. The van der Waals surface area contributed by atoms with Crippen LogP contribution >= 0.6 is 0 Å². The smallest absolute Gasteiger partial charge is 0.236 e. The molecule has 1 aliphatic rings. The Kier molecular flexibility index (Phi) is 3.29. The zero-order valence-electron chi connectivity index (χ0n) is 9.75. The number of rotatable bonds is 3. The Morgan fingerprint density at radius 1 is 1.62 bits per heavy atom. The largest absolute Gasteiger partial charge is 0.469 e. The van der Waals surface area contributed by atoms with E-state index in [0.29, 0.717) is 0 Å². The Labute approximate surface area is 95.4 Å². The summed E-state index contributed by atoms with van der Waals surface area (Å²) in [6.07, 6.45) is 4.91. The van der Waals surface area contributed by atoms with Crippen LogP contribution in [0.15, 0.2) is 16.7 Å². The van der Waals surface area contributed by atoms with Gasteiger partial charge in [-0.2, -0.15) is 0 Å². The Hall–Kier alpha value is -1.29. The van der Waals surface area contributed by atoms with Crippen molar-refractivity contribution in [1.82, 2.24) is 10.6 Å². The van der Waals surface area contributed by atoms with Crippen LogP contribution in [-0.4, -0.2) is 19.0 Å². The molecule has 4 nitrogen and oxygen atoms in total. The first-order chi connectivity index (χ1) is 7.72. The average molecular weight is 222 g/mol. The van der Waals surface area contributed by atoms with Crippen molar-refractivity contribution >= 4 is 5.91 Å². The molecule has 0 aromatic carbocycles. The summed E-state index contributed by atoms with van der Waals surface area (Å²) in [7, 11) is 1.66. The SMILES string of the molecule is CNC(=O)C(C)NC1CCCc2occc21. The van der Waals surface area contributed by atoms with Gasteiger partial charge in [0, 0.05) is 25.1 Å². The van der Waals surface area contributed by atoms with Crippen molar-refractivity contribution in [2.75, 3.05) is 7.05 Å². The fourth-order valence-corrected chi connectivity index (χ4v) is 2.25. The number of hydrogen-bond acceptors (Lipinski definition) is 3. The predicted molar refractivity (Wildman–Crippen MR) is 61.1 cm³/mol. The maximum atomic E-state index is 11.4. The van der Waals surface area contributed by atoms with Gasteiger partial charge in [-0.3, -0.25) is 10.1 Å². The first-order valence-electron chi connectivity index (χ1n) is 5.76. The summed E-state index contributed by atoms with van der Waals surface area (Å²) < 4.78 is 5.41. The van der Waals surface area contributed by atoms with E-state index in [-0.39, 0.29) is 18.0 Å². The van der Waals surface area contributed by atoms with Gasteiger partial charge in [0.2, 0.25) is 5.91 Å². The maximum absolute atomic E-state index is 11.4. The summed E-state index contributed by atoms with van der Waals surface area (Å²) in [6, 6.07) is 2.08. The Balaban J connectivity index is 2.05. The molecule has 2 rings (SSSR count). The summed E-state index contributed by atoms with van der Waals surface area (Å²) in [5, 5.41) is 5.99. The molecule has 0 saturated heterocycles. The first-order valence-corrected chi connectivity index (χ1v) is 5.76. The molecular weight excluding hydrogens is 204 g/mol. The predicted octanol–water partition coefficient (Wildman–Crippen LogP) is 1.38. The third kappa shape index (κ3) is 2.11. The summed E-state index contributed by atoms with van der Waals surface area (Å²) in [4.78, 5) is 11.4. The Morgan fingerprint density at radius 2 is 2.44 bits per heavy atom. The molecule has 2 unspecified atom stereocenters. The number of carbonyl (C=O) groups is 1. The van der Waals surface area contributed by atoms with E-state index in [0.717, 1.165) is 25.0 Å². The molecule has 88 valence electrons. The number of furan rings is 1. The highest BCUT2D eigenvalue weighted by molar-refractivity contribution is 5.81. The Bertz CT molecular complexity index is 373. The molecule has 0 saturated carbocycles. The summed E-state index contributed by atoms with van der Waals surface area (Å²) in [6.45, 7) is 1.88. The lowest BCUT2D eigenvalue weighted by Gasteiger charge is -2.25.